The molecule has 1 amide bonds. The zero-order valence-corrected chi connectivity index (χ0v) is 22.5. The number of hydrogen-bond donors (Lipinski definition) is 2. The Morgan fingerprint density at radius 2 is 1.79 bits per heavy atom. The minimum Gasteiger partial charge on any atom is -0.496 e. The lowest BCUT2D eigenvalue weighted by atomic mass is 9.94. The highest BCUT2D eigenvalue weighted by Crippen LogP contribution is 2.43. The van der Waals surface area contributed by atoms with Gasteiger partial charge in [-0.2, -0.15) is 0 Å². The number of allylic oxidation sites excluding steroid dienone is 2. The van der Waals surface area contributed by atoms with Crippen LogP contribution in [0.4, 0.5) is 5.69 Å². The molecule has 0 bridgehead atoms. The van der Waals surface area contributed by atoms with Crippen molar-refractivity contribution in [1.29, 1.82) is 0 Å². The summed E-state index contributed by atoms with van der Waals surface area (Å²) in [6, 6.07) is 7.01. The van der Waals surface area contributed by atoms with E-state index in [-0.39, 0.29) is 55.9 Å². The Morgan fingerprint density at radius 1 is 1.05 bits per heavy atom. The standard InChI is InChI=1S/C29H33NO9/c1-17(13-15-24(32)33)12-14-19-27(37-4)18(2)20-16-38-29(35)26(20)28(19)39-25(34)11-7-10-23(31)30-21-8-5-6-9-22(21)36-3/h5-6,8-9,12H,7,10-11,13-16H2,1-4H3,(H,30,31)(H,32,33)/b17-12+. The van der Waals surface area contributed by atoms with Crippen molar-refractivity contribution < 1.29 is 43.2 Å². The van der Waals surface area contributed by atoms with Gasteiger partial charge in [0, 0.05) is 30.4 Å². The molecule has 0 aromatic heterocycles. The lowest BCUT2D eigenvalue weighted by molar-refractivity contribution is -0.137. The topological polar surface area (TPSA) is 137 Å². The fourth-order valence-corrected chi connectivity index (χ4v) is 4.32. The fraction of sp³-hybridized carbons (Fsp3) is 0.379. The lowest BCUT2D eigenvalue weighted by Crippen LogP contribution is -2.16. The average Bonchev–Trinajstić information content (AvgIpc) is 3.30. The van der Waals surface area contributed by atoms with Crippen molar-refractivity contribution in [2.24, 2.45) is 0 Å². The first-order chi connectivity index (χ1) is 18.7. The molecule has 208 valence electrons. The molecule has 1 heterocycles. The minimum absolute atomic E-state index is 0.0124. The van der Waals surface area contributed by atoms with Crippen LogP contribution in [0.15, 0.2) is 35.9 Å². The number of esters is 2. The molecule has 0 saturated heterocycles. The van der Waals surface area contributed by atoms with E-state index in [0.29, 0.717) is 40.3 Å². The van der Waals surface area contributed by atoms with Gasteiger partial charge in [0.05, 0.1) is 19.9 Å². The summed E-state index contributed by atoms with van der Waals surface area (Å²) in [5.74, 6) is -1.32. The van der Waals surface area contributed by atoms with E-state index < -0.39 is 17.9 Å². The highest BCUT2D eigenvalue weighted by molar-refractivity contribution is 5.99. The van der Waals surface area contributed by atoms with Crippen molar-refractivity contribution >= 4 is 29.5 Å². The second-order valence-corrected chi connectivity index (χ2v) is 9.12. The van der Waals surface area contributed by atoms with Gasteiger partial charge in [-0.1, -0.05) is 23.8 Å². The maximum atomic E-state index is 12.9. The van der Waals surface area contributed by atoms with E-state index in [9.17, 15) is 19.2 Å². The van der Waals surface area contributed by atoms with Gasteiger partial charge >= 0.3 is 17.9 Å². The highest BCUT2D eigenvalue weighted by atomic mass is 16.6. The van der Waals surface area contributed by atoms with E-state index in [1.807, 2.05) is 13.0 Å². The van der Waals surface area contributed by atoms with E-state index in [2.05, 4.69) is 5.32 Å². The molecule has 39 heavy (non-hydrogen) atoms. The maximum Gasteiger partial charge on any atom is 0.342 e. The molecule has 0 aliphatic carbocycles. The van der Waals surface area contributed by atoms with Crippen LogP contribution in [0.5, 0.6) is 17.2 Å². The molecule has 0 fully saturated rings. The molecule has 1 aliphatic heterocycles. The third-order valence-electron chi connectivity index (χ3n) is 6.40. The number of carbonyl (C=O) groups is 4. The van der Waals surface area contributed by atoms with Gasteiger partial charge in [-0.25, -0.2) is 4.79 Å². The molecule has 2 N–H and O–H groups in total. The molecule has 0 atom stereocenters. The summed E-state index contributed by atoms with van der Waals surface area (Å²) in [6.45, 7) is 3.65. The van der Waals surface area contributed by atoms with Crippen molar-refractivity contribution in [2.75, 3.05) is 19.5 Å². The molecule has 3 rings (SSSR count). The van der Waals surface area contributed by atoms with Gasteiger partial charge in [0.15, 0.2) is 5.75 Å². The molecular weight excluding hydrogens is 506 g/mol. The molecule has 10 heteroatoms. The minimum atomic E-state index is -0.900. The molecule has 10 nitrogen and oxygen atoms in total. The van der Waals surface area contributed by atoms with E-state index in [4.69, 9.17) is 24.1 Å². The Bertz CT molecular complexity index is 1300. The second kappa shape index (κ2) is 13.5. The van der Waals surface area contributed by atoms with E-state index in [1.54, 1.807) is 31.2 Å². The number of methoxy groups -OCH3 is 2. The number of carboxylic acids is 1. The van der Waals surface area contributed by atoms with Crippen molar-refractivity contribution in [2.45, 2.75) is 59.0 Å². The first-order valence-corrected chi connectivity index (χ1v) is 12.6. The Balaban J connectivity index is 1.76. The zero-order chi connectivity index (χ0) is 28.5. The number of para-hydroxylation sites is 2. The Hall–Kier alpha value is -4.34. The molecule has 0 saturated carbocycles. The number of rotatable bonds is 13. The summed E-state index contributed by atoms with van der Waals surface area (Å²) in [4.78, 5) is 48.8. The smallest absolute Gasteiger partial charge is 0.342 e. The van der Waals surface area contributed by atoms with Gasteiger partial charge in [0.1, 0.15) is 23.7 Å². The third kappa shape index (κ3) is 7.37. The van der Waals surface area contributed by atoms with E-state index >= 15 is 0 Å². The fourth-order valence-electron chi connectivity index (χ4n) is 4.32. The number of ether oxygens (including phenoxy) is 4. The average molecular weight is 540 g/mol. The van der Waals surface area contributed by atoms with Crippen LogP contribution < -0.4 is 19.5 Å². The van der Waals surface area contributed by atoms with Crippen molar-refractivity contribution in [3.63, 3.8) is 0 Å². The number of cyclic esters (lactones) is 1. The van der Waals surface area contributed by atoms with Crippen LogP contribution in [0.1, 0.15) is 66.1 Å². The summed E-state index contributed by atoms with van der Waals surface area (Å²) in [6.07, 6.45) is 2.65. The predicted molar refractivity (Wildman–Crippen MR) is 142 cm³/mol. The first-order valence-electron chi connectivity index (χ1n) is 12.6. The van der Waals surface area contributed by atoms with E-state index in [1.165, 1.54) is 14.2 Å². The SMILES string of the molecule is COc1ccccc1NC(=O)CCCC(=O)Oc1c(C/C=C(\C)CCC(=O)O)c(OC)c(C)c2c1C(=O)OC2. The highest BCUT2D eigenvalue weighted by Gasteiger charge is 2.34. The van der Waals surface area contributed by atoms with Crippen LogP contribution in [-0.4, -0.2) is 43.1 Å². The van der Waals surface area contributed by atoms with Crippen LogP contribution >= 0.6 is 0 Å². The van der Waals surface area contributed by atoms with Gasteiger partial charge < -0.3 is 29.4 Å². The largest absolute Gasteiger partial charge is 0.496 e. The van der Waals surface area contributed by atoms with Gasteiger partial charge in [-0.3, -0.25) is 14.4 Å². The zero-order valence-electron chi connectivity index (χ0n) is 22.5. The van der Waals surface area contributed by atoms with Crippen LogP contribution in [0.3, 0.4) is 0 Å². The summed E-state index contributed by atoms with van der Waals surface area (Å²) < 4.78 is 21.8. The Labute approximate surface area is 226 Å². The maximum absolute atomic E-state index is 12.9. The van der Waals surface area contributed by atoms with Crippen molar-refractivity contribution in [3.05, 3.63) is 58.2 Å². The number of amides is 1. The van der Waals surface area contributed by atoms with Gasteiger partial charge in [0.2, 0.25) is 5.91 Å². The predicted octanol–water partition coefficient (Wildman–Crippen LogP) is 4.75. The number of anilines is 1. The van der Waals surface area contributed by atoms with Gasteiger partial charge in [0.25, 0.3) is 0 Å². The summed E-state index contributed by atoms with van der Waals surface area (Å²) >= 11 is 0. The molecule has 0 radical (unpaired) electrons. The molecule has 2 aromatic rings. The number of carbonyl (C=O) groups excluding carboxylic acids is 3. The summed E-state index contributed by atoms with van der Waals surface area (Å²) in [5, 5.41) is 11.7. The van der Waals surface area contributed by atoms with Gasteiger partial charge in [-0.15, -0.1) is 0 Å². The molecular formula is C29H33NO9. The van der Waals surface area contributed by atoms with Crippen molar-refractivity contribution in [3.8, 4) is 17.2 Å². The van der Waals surface area contributed by atoms with Crippen LogP contribution in [0, 0.1) is 6.92 Å². The van der Waals surface area contributed by atoms with Crippen molar-refractivity contribution in [1.82, 2.24) is 0 Å². The van der Waals surface area contributed by atoms with Crippen LogP contribution in [0.25, 0.3) is 0 Å². The molecule has 0 unspecified atom stereocenters. The number of hydrogen-bond acceptors (Lipinski definition) is 8. The number of aliphatic carboxylic acids is 1. The number of carboxylic acid groups (broad SMARTS) is 1. The summed E-state index contributed by atoms with van der Waals surface area (Å²) in [5.41, 5.74) is 3.33. The second-order valence-electron chi connectivity index (χ2n) is 9.12. The Kier molecular flexibility index (Phi) is 10.1. The number of fused-ring (bicyclic) bond motifs is 1. The molecule has 0 spiro atoms. The molecule has 2 aromatic carbocycles. The quantitative estimate of drug-likeness (QED) is 0.210. The summed E-state index contributed by atoms with van der Waals surface area (Å²) in [7, 11) is 3.00. The van der Waals surface area contributed by atoms with E-state index in [0.717, 1.165) is 5.57 Å². The molecule has 1 aliphatic rings. The normalized spacial score (nSPS) is 12.4. The van der Waals surface area contributed by atoms with Crippen LogP contribution in [-0.2, 0) is 32.1 Å². The lowest BCUT2D eigenvalue weighted by Gasteiger charge is -2.19. The van der Waals surface area contributed by atoms with Crippen LogP contribution in [0.2, 0.25) is 0 Å². The Morgan fingerprint density at radius 3 is 2.49 bits per heavy atom. The number of benzene rings is 2. The third-order valence-corrected chi connectivity index (χ3v) is 6.40. The number of nitrogens with one attached hydrogen (secondary N) is 1. The van der Waals surface area contributed by atoms with Gasteiger partial charge in [-0.05, 0) is 50.8 Å². The first kappa shape index (κ1) is 29.2. The monoisotopic (exact) mass is 539 g/mol.